The van der Waals surface area contributed by atoms with E-state index in [1.54, 1.807) is 0 Å². The van der Waals surface area contributed by atoms with Crippen LogP contribution in [0.3, 0.4) is 0 Å². The predicted octanol–water partition coefficient (Wildman–Crippen LogP) is 6.61. The van der Waals surface area contributed by atoms with Gasteiger partial charge in [0.1, 0.15) is 23.3 Å². The Bertz CT molecular complexity index is 1020. The lowest BCUT2D eigenvalue weighted by molar-refractivity contribution is -0.275. The lowest BCUT2D eigenvalue weighted by atomic mass is 9.98. The molecule has 0 spiro atoms. The molecule has 0 aliphatic heterocycles. The van der Waals surface area contributed by atoms with Crippen LogP contribution in [0.2, 0.25) is 0 Å². The van der Waals surface area contributed by atoms with Gasteiger partial charge in [-0.25, -0.2) is 22.0 Å². The Labute approximate surface area is 152 Å². The molecule has 1 nitrogen and oxygen atoms in total. The number of rotatable bonds is 3. The van der Waals surface area contributed by atoms with Crippen LogP contribution in [0, 0.1) is 29.1 Å². The Morgan fingerprint density at radius 3 is 1.75 bits per heavy atom. The van der Waals surface area contributed by atoms with Crippen LogP contribution in [-0.2, 0) is 0 Å². The lowest BCUT2D eigenvalue weighted by Gasteiger charge is -2.12. The first-order valence-corrected chi connectivity index (χ1v) is 7.55. The first-order chi connectivity index (χ1) is 13.0. The second-order valence-electron chi connectivity index (χ2n) is 5.63. The molecule has 9 heteroatoms. The van der Waals surface area contributed by atoms with Crippen molar-refractivity contribution in [1.82, 2.24) is 0 Å². The Balaban J connectivity index is 2.03. The van der Waals surface area contributed by atoms with Gasteiger partial charge in [-0.2, -0.15) is 0 Å². The third-order valence-corrected chi connectivity index (χ3v) is 3.73. The molecule has 0 amide bonds. The topological polar surface area (TPSA) is 9.23 Å². The number of hydrogen-bond donors (Lipinski definition) is 0. The van der Waals surface area contributed by atoms with E-state index < -0.39 is 52.3 Å². The quantitative estimate of drug-likeness (QED) is 0.446. The van der Waals surface area contributed by atoms with Gasteiger partial charge in [-0.15, -0.1) is 13.2 Å². The number of ether oxygens (including phenoxy) is 1. The molecule has 0 radical (unpaired) electrons. The second kappa shape index (κ2) is 7.14. The van der Waals surface area contributed by atoms with Crippen molar-refractivity contribution >= 4 is 0 Å². The highest BCUT2D eigenvalue weighted by atomic mass is 19.4. The Hall–Kier alpha value is -3.10. The summed E-state index contributed by atoms with van der Waals surface area (Å²) < 4.78 is 109. The Morgan fingerprint density at radius 1 is 0.607 bits per heavy atom. The average molecular weight is 404 g/mol. The van der Waals surface area contributed by atoms with Crippen LogP contribution in [0.25, 0.3) is 22.3 Å². The zero-order valence-corrected chi connectivity index (χ0v) is 13.6. The molecule has 3 aromatic rings. The van der Waals surface area contributed by atoms with Crippen LogP contribution in [-0.4, -0.2) is 6.36 Å². The Kier molecular flexibility index (Phi) is 5.01. The molecular formula is C19H8F8O. The van der Waals surface area contributed by atoms with Crippen molar-refractivity contribution in [2.75, 3.05) is 0 Å². The molecule has 3 rings (SSSR count). The molecule has 146 valence electrons. The van der Waals surface area contributed by atoms with Gasteiger partial charge in [0.15, 0.2) is 11.6 Å². The van der Waals surface area contributed by atoms with Crippen LogP contribution in [0.1, 0.15) is 0 Å². The summed E-state index contributed by atoms with van der Waals surface area (Å²) in [5.41, 5.74) is -1.64. The van der Waals surface area contributed by atoms with Crippen LogP contribution < -0.4 is 4.74 Å². The van der Waals surface area contributed by atoms with Crippen LogP contribution in [0.15, 0.2) is 48.5 Å². The van der Waals surface area contributed by atoms with Crippen molar-refractivity contribution in [3.05, 3.63) is 77.6 Å². The first-order valence-electron chi connectivity index (χ1n) is 7.55. The summed E-state index contributed by atoms with van der Waals surface area (Å²) in [7, 11) is 0. The van der Waals surface area contributed by atoms with E-state index in [0.717, 1.165) is 30.3 Å². The fourth-order valence-electron chi connectivity index (χ4n) is 2.59. The monoisotopic (exact) mass is 404 g/mol. The third kappa shape index (κ3) is 4.08. The summed E-state index contributed by atoms with van der Waals surface area (Å²) in [6.07, 6.45) is -5.14. The third-order valence-electron chi connectivity index (χ3n) is 3.73. The van der Waals surface area contributed by atoms with Crippen molar-refractivity contribution in [3.8, 4) is 28.0 Å². The molecule has 3 aromatic carbocycles. The van der Waals surface area contributed by atoms with Crippen molar-refractivity contribution in [3.63, 3.8) is 0 Å². The zero-order valence-electron chi connectivity index (χ0n) is 13.6. The maximum Gasteiger partial charge on any atom is 0.573 e. The normalized spacial score (nSPS) is 11.6. The molecule has 0 saturated heterocycles. The van der Waals surface area contributed by atoms with Gasteiger partial charge in [0.2, 0.25) is 0 Å². The number of alkyl halides is 3. The van der Waals surface area contributed by atoms with E-state index in [1.165, 1.54) is 0 Å². The fourth-order valence-corrected chi connectivity index (χ4v) is 2.59. The molecule has 0 aliphatic carbocycles. The number of halogens is 8. The first kappa shape index (κ1) is 19.7. The lowest BCUT2D eigenvalue weighted by Crippen LogP contribution is -2.17. The zero-order chi connectivity index (χ0) is 20.6. The second-order valence-corrected chi connectivity index (χ2v) is 5.63. The van der Waals surface area contributed by atoms with Gasteiger partial charge >= 0.3 is 6.36 Å². The maximum atomic E-state index is 14.4. The molecular weight excluding hydrogens is 396 g/mol. The molecule has 28 heavy (non-hydrogen) atoms. The summed E-state index contributed by atoms with van der Waals surface area (Å²) in [6.45, 7) is 0. The van der Waals surface area contributed by atoms with Crippen LogP contribution in [0.4, 0.5) is 35.1 Å². The molecule has 0 unspecified atom stereocenters. The SMILES string of the molecule is Fc1ccc(-c2cc(F)c(-c3ccc(OC(F)(F)F)c(F)c3)c(F)c2)c(F)c1. The average Bonchev–Trinajstić information content (AvgIpc) is 2.55. The van der Waals surface area contributed by atoms with E-state index in [1.807, 2.05) is 0 Å². The minimum atomic E-state index is -5.14. The molecule has 0 aromatic heterocycles. The molecule has 0 bridgehead atoms. The van der Waals surface area contributed by atoms with E-state index in [4.69, 9.17) is 0 Å². The summed E-state index contributed by atoms with van der Waals surface area (Å²) in [5.74, 6) is -7.02. The summed E-state index contributed by atoms with van der Waals surface area (Å²) in [6, 6.07) is 5.79. The molecule has 0 fully saturated rings. The molecule has 0 saturated carbocycles. The number of hydrogen-bond acceptors (Lipinski definition) is 1. The maximum absolute atomic E-state index is 14.4. The minimum Gasteiger partial charge on any atom is -0.403 e. The summed E-state index contributed by atoms with van der Waals surface area (Å²) >= 11 is 0. The highest BCUT2D eigenvalue weighted by Crippen LogP contribution is 2.35. The molecule has 0 aliphatic rings. The minimum absolute atomic E-state index is 0.242. The molecule has 0 N–H and O–H groups in total. The van der Waals surface area contributed by atoms with E-state index in [0.29, 0.717) is 18.2 Å². The Morgan fingerprint density at radius 2 is 1.21 bits per heavy atom. The van der Waals surface area contributed by atoms with Gasteiger partial charge in [0, 0.05) is 11.6 Å². The van der Waals surface area contributed by atoms with Gasteiger partial charge in [0.25, 0.3) is 0 Å². The smallest absolute Gasteiger partial charge is 0.403 e. The van der Waals surface area contributed by atoms with Crippen LogP contribution in [0.5, 0.6) is 5.75 Å². The largest absolute Gasteiger partial charge is 0.573 e. The van der Waals surface area contributed by atoms with Crippen molar-refractivity contribution in [2.45, 2.75) is 6.36 Å². The predicted molar refractivity (Wildman–Crippen MR) is 83.8 cm³/mol. The van der Waals surface area contributed by atoms with Gasteiger partial charge in [-0.3, -0.25) is 0 Å². The standard InChI is InChI=1S/C19H8F8O/c20-11-2-3-12(13(21)8-11)10-6-15(23)18(16(24)7-10)9-1-4-17(14(22)5-9)28-19(25,26)27/h1-8H. The van der Waals surface area contributed by atoms with Gasteiger partial charge in [-0.1, -0.05) is 6.07 Å². The molecule has 0 heterocycles. The van der Waals surface area contributed by atoms with E-state index in [2.05, 4.69) is 4.74 Å². The fraction of sp³-hybridized carbons (Fsp3) is 0.0526. The summed E-state index contributed by atoms with van der Waals surface area (Å²) in [5, 5.41) is 0. The van der Waals surface area contributed by atoms with Gasteiger partial charge in [0.05, 0.1) is 5.56 Å². The summed E-state index contributed by atoms with van der Waals surface area (Å²) in [4.78, 5) is 0. The van der Waals surface area contributed by atoms with Crippen molar-refractivity contribution < 1.29 is 39.9 Å². The van der Waals surface area contributed by atoms with E-state index in [-0.39, 0.29) is 11.1 Å². The van der Waals surface area contributed by atoms with Gasteiger partial charge < -0.3 is 4.74 Å². The van der Waals surface area contributed by atoms with Crippen molar-refractivity contribution in [2.24, 2.45) is 0 Å². The van der Waals surface area contributed by atoms with Crippen LogP contribution >= 0.6 is 0 Å². The number of benzene rings is 3. The molecule has 0 atom stereocenters. The highest BCUT2D eigenvalue weighted by molar-refractivity contribution is 5.72. The van der Waals surface area contributed by atoms with Gasteiger partial charge in [-0.05, 0) is 47.5 Å². The van der Waals surface area contributed by atoms with E-state index in [9.17, 15) is 35.1 Å². The van der Waals surface area contributed by atoms with E-state index >= 15 is 0 Å². The van der Waals surface area contributed by atoms with Crippen molar-refractivity contribution in [1.29, 1.82) is 0 Å². The highest BCUT2D eigenvalue weighted by Gasteiger charge is 2.32.